The van der Waals surface area contributed by atoms with Crippen molar-refractivity contribution in [3.8, 4) is 0 Å². The number of hydrogen-bond donors (Lipinski definition) is 1. The third-order valence-corrected chi connectivity index (χ3v) is 8.50. The lowest BCUT2D eigenvalue weighted by Crippen LogP contribution is -2.49. The van der Waals surface area contributed by atoms with Crippen LogP contribution in [0.2, 0.25) is 0 Å². The Hall–Kier alpha value is -3.57. The molecule has 2 aromatic carbocycles. The van der Waals surface area contributed by atoms with Crippen LogP contribution >= 0.6 is 0 Å². The minimum atomic E-state index is -1.60. The Morgan fingerprint density at radius 3 is 2.57 bits per heavy atom. The predicted molar refractivity (Wildman–Crippen MR) is 144 cm³/mol. The number of aryl methyl sites for hydroxylation is 2. The third kappa shape index (κ3) is 4.76. The van der Waals surface area contributed by atoms with Gasteiger partial charge in [0.1, 0.15) is 10.8 Å². The van der Waals surface area contributed by atoms with Gasteiger partial charge in [0.05, 0.1) is 17.4 Å². The molecule has 11 heteroatoms. The molecule has 1 fully saturated rings. The molecule has 2 aromatic heterocycles. The van der Waals surface area contributed by atoms with Crippen molar-refractivity contribution < 1.29 is 9.00 Å². The molecule has 1 amide bonds. The highest BCUT2D eigenvalue weighted by molar-refractivity contribution is 7.85. The predicted octanol–water partition coefficient (Wildman–Crippen LogP) is 1.95. The summed E-state index contributed by atoms with van der Waals surface area (Å²) in [7, 11) is 0.227. The molecule has 1 aliphatic rings. The van der Waals surface area contributed by atoms with Gasteiger partial charge in [0.25, 0.3) is 5.56 Å². The number of nitrogens with one attached hydrogen (secondary N) is 1. The number of anilines is 1. The van der Waals surface area contributed by atoms with Crippen molar-refractivity contribution in [2.24, 2.45) is 0 Å². The zero-order valence-electron chi connectivity index (χ0n) is 21.5. The second kappa shape index (κ2) is 10.1. The molecule has 1 saturated heterocycles. The van der Waals surface area contributed by atoms with E-state index >= 15 is 0 Å². The standard InChI is InChI=1S/C26H31N7O3S/c1-5-30(4)23(34)16-31-10-12-32(13-11-31)19-7-8-20-21(15-19)33-24(27-25(20)35)26(28-29-33)37(36)22-9-6-17(2)14-18(22)3/h6-9,14-15,29H,5,10-13,16H2,1-4H3. The second-order valence-corrected chi connectivity index (χ2v) is 10.9. The van der Waals surface area contributed by atoms with Crippen molar-refractivity contribution in [3.05, 3.63) is 57.9 Å². The van der Waals surface area contributed by atoms with Crippen LogP contribution in [-0.4, -0.2) is 86.0 Å². The summed E-state index contributed by atoms with van der Waals surface area (Å²) < 4.78 is 15.0. The maximum Gasteiger partial charge on any atom is 0.281 e. The summed E-state index contributed by atoms with van der Waals surface area (Å²) in [4.78, 5) is 36.2. The first kappa shape index (κ1) is 25.1. The average Bonchev–Trinajstić information content (AvgIpc) is 3.32. The van der Waals surface area contributed by atoms with E-state index in [2.05, 4.69) is 25.1 Å². The number of benzene rings is 2. The second-order valence-electron chi connectivity index (χ2n) is 9.50. The van der Waals surface area contributed by atoms with E-state index in [1.54, 1.807) is 15.5 Å². The van der Waals surface area contributed by atoms with E-state index in [0.717, 1.165) is 43.0 Å². The summed E-state index contributed by atoms with van der Waals surface area (Å²) in [6, 6.07) is 11.4. The molecule has 0 spiro atoms. The van der Waals surface area contributed by atoms with Gasteiger partial charge in [-0.1, -0.05) is 17.7 Å². The number of carbonyl (C=O) groups excluding carboxylic acids is 1. The molecule has 5 rings (SSSR count). The van der Waals surface area contributed by atoms with Crippen LogP contribution in [0.15, 0.2) is 51.1 Å². The molecule has 3 heterocycles. The zero-order valence-corrected chi connectivity index (χ0v) is 22.3. The fraction of sp³-hybridized carbons (Fsp3) is 0.385. The van der Waals surface area contributed by atoms with Crippen molar-refractivity contribution in [1.29, 1.82) is 0 Å². The molecule has 10 nitrogen and oxygen atoms in total. The van der Waals surface area contributed by atoms with Gasteiger partial charge in [0.15, 0.2) is 10.7 Å². The van der Waals surface area contributed by atoms with Crippen molar-refractivity contribution in [3.63, 3.8) is 0 Å². The normalized spacial score (nSPS) is 15.4. The number of H-pyrrole nitrogens is 1. The highest BCUT2D eigenvalue weighted by atomic mass is 32.2. The SMILES string of the molecule is CCN(C)C(=O)CN1CCN(c2ccc3c(=O)nc4c(S(=O)c5ccc(C)cc5C)n[nH]n4c3c2)CC1. The molecule has 1 unspecified atom stereocenters. The van der Waals surface area contributed by atoms with Gasteiger partial charge in [0.2, 0.25) is 5.91 Å². The maximum atomic E-state index is 13.4. The summed E-state index contributed by atoms with van der Waals surface area (Å²) in [6.07, 6.45) is 0. The molecule has 1 atom stereocenters. The molecule has 1 aliphatic heterocycles. The van der Waals surface area contributed by atoms with Crippen LogP contribution < -0.4 is 10.5 Å². The summed E-state index contributed by atoms with van der Waals surface area (Å²) in [5.41, 5.74) is 3.45. The molecular weight excluding hydrogens is 490 g/mol. The molecule has 37 heavy (non-hydrogen) atoms. The summed E-state index contributed by atoms with van der Waals surface area (Å²) in [5, 5.41) is 7.91. The molecule has 1 N–H and O–H groups in total. The number of aromatic amines is 1. The molecule has 194 valence electrons. The van der Waals surface area contributed by atoms with Gasteiger partial charge < -0.3 is 9.80 Å². The number of likely N-dealkylation sites (N-methyl/N-ethyl adjacent to an activating group) is 1. The molecule has 0 saturated carbocycles. The van der Waals surface area contributed by atoms with Gasteiger partial charge in [-0.25, -0.2) is 13.9 Å². The van der Waals surface area contributed by atoms with Gasteiger partial charge in [-0.05, 0) is 50.6 Å². The average molecular weight is 522 g/mol. The molecule has 4 aromatic rings. The molecule has 0 bridgehead atoms. The van der Waals surface area contributed by atoms with Gasteiger partial charge >= 0.3 is 0 Å². The van der Waals surface area contributed by atoms with Gasteiger partial charge in [-0.2, -0.15) is 4.98 Å². The zero-order chi connectivity index (χ0) is 26.3. The molecular formula is C26H31N7O3S. The van der Waals surface area contributed by atoms with E-state index in [1.165, 1.54) is 0 Å². The monoisotopic (exact) mass is 521 g/mol. The highest BCUT2D eigenvalue weighted by Gasteiger charge is 2.23. The van der Waals surface area contributed by atoms with Crippen LogP contribution in [0.25, 0.3) is 16.6 Å². The number of piperazine rings is 1. The first-order valence-corrected chi connectivity index (χ1v) is 13.5. The minimum absolute atomic E-state index is 0.129. The first-order chi connectivity index (χ1) is 17.8. The van der Waals surface area contributed by atoms with Crippen molar-refractivity contribution >= 4 is 38.9 Å². The van der Waals surface area contributed by atoms with Crippen LogP contribution in [0.5, 0.6) is 0 Å². The number of carbonyl (C=O) groups is 1. The van der Waals surface area contributed by atoms with E-state index in [-0.39, 0.29) is 22.1 Å². The third-order valence-electron chi connectivity index (χ3n) is 7.02. The van der Waals surface area contributed by atoms with E-state index in [4.69, 9.17) is 0 Å². The Morgan fingerprint density at radius 2 is 1.86 bits per heavy atom. The Morgan fingerprint density at radius 1 is 1.11 bits per heavy atom. The van der Waals surface area contributed by atoms with Crippen molar-refractivity contribution in [1.82, 2.24) is 29.6 Å². The van der Waals surface area contributed by atoms with Crippen LogP contribution in [0.3, 0.4) is 0 Å². The van der Waals surface area contributed by atoms with E-state index in [0.29, 0.717) is 28.9 Å². The van der Waals surface area contributed by atoms with Crippen LogP contribution in [-0.2, 0) is 15.6 Å². The summed E-state index contributed by atoms with van der Waals surface area (Å²) in [5.74, 6) is 0.129. The number of aromatic nitrogens is 4. The quantitative estimate of drug-likeness (QED) is 0.413. The van der Waals surface area contributed by atoms with Gasteiger partial charge in [-0.15, -0.1) is 5.10 Å². The Labute approximate surface area is 217 Å². The van der Waals surface area contributed by atoms with E-state index in [9.17, 15) is 13.8 Å². The Kier molecular flexibility index (Phi) is 6.82. The van der Waals surface area contributed by atoms with Crippen LogP contribution in [0.1, 0.15) is 18.1 Å². The lowest BCUT2D eigenvalue weighted by molar-refractivity contribution is -0.131. The van der Waals surface area contributed by atoms with E-state index in [1.807, 2.05) is 58.2 Å². The summed E-state index contributed by atoms with van der Waals surface area (Å²) >= 11 is 0. The maximum absolute atomic E-state index is 13.4. The highest BCUT2D eigenvalue weighted by Crippen LogP contribution is 2.25. The Bertz CT molecular complexity index is 1570. The van der Waals surface area contributed by atoms with Gasteiger partial charge in [-0.3, -0.25) is 14.5 Å². The first-order valence-electron chi connectivity index (χ1n) is 12.4. The number of rotatable bonds is 6. The lowest BCUT2D eigenvalue weighted by atomic mass is 10.2. The number of hydrogen-bond acceptors (Lipinski definition) is 7. The molecule has 0 aliphatic carbocycles. The fourth-order valence-electron chi connectivity index (χ4n) is 4.68. The largest absolute Gasteiger partial charge is 0.369 e. The van der Waals surface area contributed by atoms with Crippen molar-refractivity contribution in [2.75, 3.05) is 51.2 Å². The fourth-order valence-corrected chi connectivity index (χ4v) is 5.86. The number of amides is 1. The number of fused-ring (bicyclic) bond motifs is 3. The smallest absolute Gasteiger partial charge is 0.281 e. The molecule has 0 radical (unpaired) electrons. The summed E-state index contributed by atoms with van der Waals surface area (Å²) in [6.45, 7) is 10.1. The Balaban J connectivity index is 1.44. The van der Waals surface area contributed by atoms with Crippen LogP contribution in [0.4, 0.5) is 5.69 Å². The topological polar surface area (TPSA) is 107 Å². The van der Waals surface area contributed by atoms with E-state index < -0.39 is 10.8 Å². The van der Waals surface area contributed by atoms with Crippen molar-refractivity contribution in [2.45, 2.75) is 30.7 Å². The van der Waals surface area contributed by atoms with Gasteiger partial charge in [0, 0.05) is 50.4 Å². The minimum Gasteiger partial charge on any atom is -0.369 e. The number of nitrogens with zero attached hydrogens (tertiary/aromatic N) is 6. The lowest BCUT2D eigenvalue weighted by Gasteiger charge is -2.36. The van der Waals surface area contributed by atoms with Crippen LogP contribution in [0, 0.1) is 13.8 Å².